The lowest BCUT2D eigenvalue weighted by Crippen LogP contribution is -2.36. The van der Waals surface area contributed by atoms with Gasteiger partial charge in [0, 0.05) is 5.75 Å². The van der Waals surface area contributed by atoms with Crippen molar-refractivity contribution in [3.63, 3.8) is 0 Å². The lowest BCUT2D eigenvalue weighted by atomic mass is 10.3. The number of thioether (sulfide) groups is 1. The monoisotopic (exact) mass is 190 g/mol. The van der Waals surface area contributed by atoms with E-state index >= 15 is 0 Å². The molecular weight excluding hydrogens is 184 g/mol. The van der Waals surface area contributed by atoms with E-state index in [1.54, 1.807) is 11.8 Å². The van der Waals surface area contributed by atoms with Crippen LogP contribution in [0.25, 0.3) is 0 Å². The van der Waals surface area contributed by atoms with Gasteiger partial charge in [0.2, 0.25) is 5.91 Å². The molecule has 60 valence electrons. The third-order valence-electron chi connectivity index (χ3n) is 1.47. The number of halogens is 1. The zero-order chi connectivity index (χ0) is 8.27. The molecule has 0 unspecified atom stereocenters. The Kier molecular flexibility index (Phi) is 3.03. The second kappa shape index (κ2) is 3.84. The molecule has 1 aliphatic heterocycles. The molecule has 1 amide bonds. The molecule has 1 rings (SSSR count). The first kappa shape index (κ1) is 8.69. The smallest absolute Gasteiger partial charge is 0.239 e. The number of hydrogen-bond donors (Lipinski definition) is 0. The molecule has 0 bridgehead atoms. The van der Waals surface area contributed by atoms with Crippen molar-refractivity contribution >= 4 is 29.3 Å². The van der Waals surface area contributed by atoms with Crippen molar-refractivity contribution in [2.45, 2.75) is 6.04 Å². The fourth-order valence-electron chi connectivity index (χ4n) is 0.872. The molecule has 0 N–H and O–H groups in total. The molecule has 0 aromatic rings. The van der Waals surface area contributed by atoms with Crippen LogP contribution in [0.15, 0.2) is 0 Å². The molecular formula is C6H7ClN2OS. The van der Waals surface area contributed by atoms with Crippen LogP contribution >= 0.6 is 23.4 Å². The molecule has 1 heterocycles. The van der Waals surface area contributed by atoms with Crippen molar-refractivity contribution in [3.05, 3.63) is 0 Å². The fourth-order valence-corrected chi connectivity index (χ4v) is 2.13. The molecule has 1 saturated heterocycles. The summed E-state index contributed by atoms with van der Waals surface area (Å²) in [6, 6.07) is 1.78. The molecule has 0 aromatic carbocycles. The van der Waals surface area contributed by atoms with Gasteiger partial charge in [-0.15, -0.1) is 23.4 Å². The summed E-state index contributed by atoms with van der Waals surface area (Å²) in [7, 11) is 0. The highest BCUT2D eigenvalue weighted by molar-refractivity contribution is 7.99. The van der Waals surface area contributed by atoms with E-state index in [4.69, 9.17) is 16.9 Å². The van der Waals surface area contributed by atoms with Gasteiger partial charge in [0.1, 0.15) is 11.9 Å². The average Bonchev–Trinajstić information content (AvgIpc) is 2.50. The van der Waals surface area contributed by atoms with Crippen LogP contribution in [0.5, 0.6) is 0 Å². The van der Waals surface area contributed by atoms with Gasteiger partial charge < -0.3 is 4.90 Å². The molecule has 0 radical (unpaired) electrons. The molecule has 1 atom stereocenters. The van der Waals surface area contributed by atoms with Gasteiger partial charge in [-0.3, -0.25) is 4.79 Å². The number of nitrogens with zero attached hydrogens (tertiary/aromatic N) is 2. The van der Waals surface area contributed by atoms with Crippen LogP contribution < -0.4 is 0 Å². The Hall–Kier alpha value is -0.400. The van der Waals surface area contributed by atoms with E-state index in [9.17, 15) is 4.79 Å². The Morgan fingerprint density at radius 1 is 1.91 bits per heavy atom. The van der Waals surface area contributed by atoms with E-state index in [0.29, 0.717) is 11.6 Å². The normalized spacial score (nSPS) is 23.3. The molecule has 11 heavy (non-hydrogen) atoms. The number of carbonyl (C=O) groups is 1. The number of rotatable bonds is 1. The summed E-state index contributed by atoms with van der Waals surface area (Å²) >= 11 is 6.93. The zero-order valence-electron chi connectivity index (χ0n) is 5.79. The predicted octanol–water partition coefficient (Wildman–Crippen LogP) is 0.650. The van der Waals surface area contributed by atoms with Gasteiger partial charge in [-0.2, -0.15) is 5.26 Å². The Labute approximate surface area is 74.3 Å². The Morgan fingerprint density at radius 3 is 3.18 bits per heavy atom. The molecule has 1 aliphatic rings. The third kappa shape index (κ3) is 1.79. The maximum atomic E-state index is 11.0. The molecule has 0 aliphatic carbocycles. The largest absolute Gasteiger partial charge is 0.316 e. The first-order valence-corrected chi connectivity index (χ1v) is 4.81. The fraction of sp³-hybridized carbons (Fsp3) is 0.667. The predicted molar refractivity (Wildman–Crippen MR) is 44.3 cm³/mol. The minimum atomic E-state index is -0.272. The van der Waals surface area contributed by atoms with Crippen LogP contribution in [-0.4, -0.2) is 34.4 Å². The molecule has 1 fully saturated rings. The van der Waals surface area contributed by atoms with Gasteiger partial charge in [-0.05, 0) is 0 Å². The van der Waals surface area contributed by atoms with Gasteiger partial charge in [0.25, 0.3) is 0 Å². The lowest BCUT2D eigenvalue weighted by molar-refractivity contribution is -0.128. The molecule has 5 heteroatoms. The standard InChI is InChI=1S/C6H7ClN2OS/c7-1-6(10)9-4-11-3-5(9)2-8/h5H,1,3-4H2/t5-/m0/s1. The highest BCUT2D eigenvalue weighted by atomic mass is 35.5. The van der Waals surface area contributed by atoms with E-state index in [1.807, 2.05) is 0 Å². The number of hydrogen-bond acceptors (Lipinski definition) is 3. The number of amides is 1. The van der Waals surface area contributed by atoms with E-state index in [0.717, 1.165) is 0 Å². The maximum absolute atomic E-state index is 11.0. The Morgan fingerprint density at radius 2 is 2.64 bits per heavy atom. The van der Waals surface area contributed by atoms with Crippen LogP contribution in [0.4, 0.5) is 0 Å². The Bertz CT molecular complexity index is 203. The van der Waals surface area contributed by atoms with Gasteiger partial charge in [-0.25, -0.2) is 0 Å². The number of alkyl halides is 1. The highest BCUT2D eigenvalue weighted by Crippen LogP contribution is 2.20. The minimum absolute atomic E-state index is 0.0290. The third-order valence-corrected chi connectivity index (χ3v) is 2.71. The first-order valence-electron chi connectivity index (χ1n) is 3.12. The summed E-state index contributed by atoms with van der Waals surface area (Å²) in [6.45, 7) is 0. The summed E-state index contributed by atoms with van der Waals surface area (Å²) in [5, 5.41) is 8.58. The molecule has 0 saturated carbocycles. The average molecular weight is 191 g/mol. The number of nitriles is 1. The Balaban J connectivity index is 2.58. The van der Waals surface area contributed by atoms with Crippen LogP contribution in [0, 0.1) is 11.3 Å². The van der Waals surface area contributed by atoms with Crippen molar-refractivity contribution in [1.82, 2.24) is 4.90 Å². The van der Waals surface area contributed by atoms with Crippen molar-refractivity contribution in [2.24, 2.45) is 0 Å². The highest BCUT2D eigenvalue weighted by Gasteiger charge is 2.27. The van der Waals surface area contributed by atoms with Crippen molar-refractivity contribution in [1.29, 1.82) is 5.26 Å². The summed E-state index contributed by atoms with van der Waals surface area (Å²) < 4.78 is 0. The second-order valence-electron chi connectivity index (χ2n) is 2.14. The molecule has 0 spiro atoms. The first-order chi connectivity index (χ1) is 5.29. The maximum Gasteiger partial charge on any atom is 0.239 e. The summed E-state index contributed by atoms with van der Waals surface area (Å²) in [5.41, 5.74) is 0. The van der Waals surface area contributed by atoms with Crippen LogP contribution in [0.2, 0.25) is 0 Å². The number of carbonyl (C=O) groups excluding carboxylic acids is 1. The molecule has 3 nitrogen and oxygen atoms in total. The SMILES string of the molecule is N#C[C@H]1CSCN1C(=O)CCl. The summed E-state index contributed by atoms with van der Waals surface area (Å²) in [6.07, 6.45) is 0. The van der Waals surface area contributed by atoms with Gasteiger partial charge in [-0.1, -0.05) is 0 Å². The quantitative estimate of drug-likeness (QED) is 0.571. The van der Waals surface area contributed by atoms with E-state index in [2.05, 4.69) is 6.07 Å². The van der Waals surface area contributed by atoms with E-state index in [1.165, 1.54) is 4.90 Å². The zero-order valence-corrected chi connectivity index (χ0v) is 7.36. The van der Waals surface area contributed by atoms with Crippen molar-refractivity contribution < 1.29 is 4.79 Å². The van der Waals surface area contributed by atoms with Crippen LogP contribution in [-0.2, 0) is 4.79 Å². The van der Waals surface area contributed by atoms with Crippen molar-refractivity contribution in [2.75, 3.05) is 17.5 Å². The van der Waals surface area contributed by atoms with Gasteiger partial charge in [0.05, 0.1) is 11.9 Å². The minimum Gasteiger partial charge on any atom is -0.316 e. The van der Waals surface area contributed by atoms with E-state index < -0.39 is 0 Å². The lowest BCUT2D eigenvalue weighted by Gasteiger charge is -2.16. The summed E-state index contributed by atoms with van der Waals surface area (Å²) in [4.78, 5) is 12.5. The summed E-state index contributed by atoms with van der Waals surface area (Å²) in [5.74, 6) is 1.13. The van der Waals surface area contributed by atoms with Crippen LogP contribution in [0.3, 0.4) is 0 Å². The van der Waals surface area contributed by atoms with Crippen molar-refractivity contribution in [3.8, 4) is 6.07 Å². The topological polar surface area (TPSA) is 44.1 Å². The van der Waals surface area contributed by atoms with Gasteiger partial charge in [0.15, 0.2) is 0 Å². The molecule has 0 aromatic heterocycles. The second-order valence-corrected chi connectivity index (χ2v) is 3.41. The van der Waals surface area contributed by atoms with Gasteiger partial charge >= 0.3 is 0 Å². The van der Waals surface area contributed by atoms with E-state index in [-0.39, 0.29) is 17.8 Å². The van der Waals surface area contributed by atoms with Crippen LogP contribution in [0.1, 0.15) is 0 Å².